The molecule has 1 aromatic carbocycles. The van der Waals surface area contributed by atoms with Gasteiger partial charge in [-0.3, -0.25) is 0 Å². The Balaban J connectivity index is 2.01. The van der Waals surface area contributed by atoms with Crippen LogP contribution >= 0.6 is 0 Å². The maximum atomic E-state index is 4.40. The van der Waals surface area contributed by atoms with Gasteiger partial charge in [0, 0.05) is 28.7 Å². The van der Waals surface area contributed by atoms with E-state index >= 15 is 0 Å². The molecule has 0 saturated heterocycles. The zero-order valence-electron chi connectivity index (χ0n) is 10.6. The van der Waals surface area contributed by atoms with Crippen LogP contribution in [0.1, 0.15) is 0 Å². The highest BCUT2D eigenvalue weighted by atomic mass is 14.8. The Morgan fingerprint density at radius 1 is 0.900 bits per heavy atom. The molecule has 1 radical (unpaired) electrons. The van der Waals surface area contributed by atoms with Gasteiger partial charge in [-0.1, -0.05) is 24.3 Å². The van der Waals surface area contributed by atoms with Crippen molar-refractivity contribution in [1.82, 2.24) is 15.0 Å². The molecule has 3 nitrogen and oxygen atoms in total. The van der Waals surface area contributed by atoms with Crippen LogP contribution in [0.25, 0.3) is 33.1 Å². The van der Waals surface area contributed by atoms with Gasteiger partial charge in [-0.05, 0) is 29.7 Å². The van der Waals surface area contributed by atoms with Crippen LogP contribution in [0.15, 0.2) is 60.9 Å². The van der Waals surface area contributed by atoms with Crippen molar-refractivity contribution < 1.29 is 0 Å². The first kappa shape index (κ1) is 11.1. The minimum absolute atomic E-state index is 0.750. The van der Waals surface area contributed by atoms with Crippen molar-refractivity contribution in [2.24, 2.45) is 0 Å². The number of hydrogen-bond acceptors (Lipinski definition) is 3. The lowest BCUT2D eigenvalue weighted by atomic mass is 10.0. The van der Waals surface area contributed by atoms with Crippen molar-refractivity contribution >= 4 is 21.8 Å². The lowest BCUT2D eigenvalue weighted by molar-refractivity contribution is 1.27. The van der Waals surface area contributed by atoms with E-state index < -0.39 is 0 Å². The molecule has 20 heavy (non-hydrogen) atoms. The summed E-state index contributed by atoms with van der Waals surface area (Å²) < 4.78 is 0. The van der Waals surface area contributed by atoms with E-state index in [1.54, 1.807) is 6.20 Å². The normalized spacial score (nSPS) is 11.0. The highest BCUT2D eigenvalue weighted by molar-refractivity contribution is 5.95. The molecule has 0 atom stereocenters. The molecule has 4 aromatic rings. The summed E-state index contributed by atoms with van der Waals surface area (Å²) in [6, 6.07) is 16.1. The zero-order valence-corrected chi connectivity index (χ0v) is 10.6. The van der Waals surface area contributed by atoms with E-state index in [-0.39, 0.29) is 0 Å². The highest BCUT2D eigenvalue weighted by Gasteiger charge is 2.06. The number of benzene rings is 1. The number of hydrogen-bond donors (Lipinski definition) is 0. The molecule has 0 aliphatic heterocycles. The summed E-state index contributed by atoms with van der Waals surface area (Å²) in [7, 11) is 0. The number of rotatable bonds is 1. The molecule has 0 aliphatic rings. The Bertz CT molecular complexity index is 910. The molecule has 0 saturated carbocycles. The summed E-state index contributed by atoms with van der Waals surface area (Å²) in [6.45, 7) is 0. The molecule has 3 heterocycles. The lowest BCUT2D eigenvalue weighted by Gasteiger charge is -2.05. The van der Waals surface area contributed by atoms with Gasteiger partial charge >= 0.3 is 0 Å². The molecule has 3 aromatic heterocycles. The highest BCUT2D eigenvalue weighted by Crippen LogP contribution is 2.27. The van der Waals surface area contributed by atoms with Crippen LogP contribution in [0.2, 0.25) is 0 Å². The topological polar surface area (TPSA) is 38.7 Å². The SMILES string of the molecule is [c]1cc2ccccc2c(-c2cnc3ncccc3c2)n1. The van der Waals surface area contributed by atoms with Gasteiger partial charge in [0.25, 0.3) is 0 Å². The van der Waals surface area contributed by atoms with Gasteiger partial charge in [0.05, 0.1) is 11.9 Å². The van der Waals surface area contributed by atoms with Gasteiger partial charge in [0.2, 0.25) is 0 Å². The molecule has 0 N–H and O–H groups in total. The van der Waals surface area contributed by atoms with Crippen LogP contribution in [0.3, 0.4) is 0 Å². The van der Waals surface area contributed by atoms with E-state index in [1.165, 1.54) is 0 Å². The van der Waals surface area contributed by atoms with E-state index in [2.05, 4.69) is 39.3 Å². The first-order valence-electron chi connectivity index (χ1n) is 6.39. The summed E-state index contributed by atoms with van der Waals surface area (Å²) in [4.78, 5) is 13.0. The second kappa shape index (κ2) is 4.38. The third-order valence-corrected chi connectivity index (χ3v) is 3.34. The standard InChI is InChI=1S/C17H10N3/c1-2-6-15-12(4-1)7-9-18-16(15)14-10-13-5-3-8-19-17(13)20-11-14/h1-8,10-11H. The van der Waals surface area contributed by atoms with Crippen LogP contribution in [-0.2, 0) is 0 Å². The Labute approximate surface area is 116 Å². The molecule has 0 aliphatic carbocycles. The molecule has 4 rings (SSSR count). The van der Waals surface area contributed by atoms with Crippen LogP contribution < -0.4 is 0 Å². The van der Waals surface area contributed by atoms with Crippen molar-refractivity contribution in [3.63, 3.8) is 0 Å². The number of nitrogens with zero attached hydrogens (tertiary/aromatic N) is 3. The average molecular weight is 256 g/mol. The number of aromatic nitrogens is 3. The molecule has 93 valence electrons. The van der Waals surface area contributed by atoms with E-state index in [0.29, 0.717) is 0 Å². The summed E-state index contributed by atoms with van der Waals surface area (Å²) in [6.07, 6.45) is 6.52. The fraction of sp³-hybridized carbons (Fsp3) is 0. The van der Waals surface area contributed by atoms with Crippen LogP contribution in [0, 0.1) is 6.20 Å². The summed E-state index contributed by atoms with van der Waals surface area (Å²) in [5.74, 6) is 0. The summed E-state index contributed by atoms with van der Waals surface area (Å²) in [5.41, 5.74) is 2.64. The third-order valence-electron chi connectivity index (χ3n) is 3.34. The number of fused-ring (bicyclic) bond motifs is 2. The van der Waals surface area contributed by atoms with Crippen molar-refractivity contribution in [2.45, 2.75) is 0 Å². The number of pyridine rings is 3. The zero-order chi connectivity index (χ0) is 13.4. The van der Waals surface area contributed by atoms with Crippen molar-refractivity contribution in [2.75, 3.05) is 0 Å². The van der Waals surface area contributed by atoms with E-state index in [4.69, 9.17) is 0 Å². The van der Waals surface area contributed by atoms with Crippen LogP contribution in [0.4, 0.5) is 0 Å². The minimum Gasteiger partial charge on any atom is -0.245 e. The second-order valence-corrected chi connectivity index (χ2v) is 4.60. The molecular weight excluding hydrogens is 246 g/mol. The fourth-order valence-corrected chi connectivity index (χ4v) is 2.38. The Morgan fingerprint density at radius 3 is 2.80 bits per heavy atom. The Morgan fingerprint density at radius 2 is 1.80 bits per heavy atom. The van der Waals surface area contributed by atoms with E-state index in [9.17, 15) is 0 Å². The molecule has 0 bridgehead atoms. The smallest absolute Gasteiger partial charge is 0.159 e. The Kier molecular flexibility index (Phi) is 2.42. The first-order valence-corrected chi connectivity index (χ1v) is 6.39. The fourth-order valence-electron chi connectivity index (χ4n) is 2.38. The van der Waals surface area contributed by atoms with Crippen molar-refractivity contribution in [1.29, 1.82) is 0 Å². The van der Waals surface area contributed by atoms with Crippen molar-refractivity contribution in [3.05, 3.63) is 67.1 Å². The van der Waals surface area contributed by atoms with Crippen molar-refractivity contribution in [3.8, 4) is 11.3 Å². The first-order chi connectivity index (χ1) is 9.92. The van der Waals surface area contributed by atoms with Gasteiger partial charge in [0.1, 0.15) is 0 Å². The van der Waals surface area contributed by atoms with E-state index in [0.717, 1.165) is 33.1 Å². The molecule has 0 fully saturated rings. The van der Waals surface area contributed by atoms with Crippen LogP contribution in [-0.4, -0.2) is 15.0 Å². The largest absolute Gasteiger partial charge is 0.245 e. The van der Waals surface area contributed by atoms with Gasteiger partial charge in [-0.2, -0.15) is 0 Å². The maximum Gasteiger partial charge on any atom is 0.159 e. The van der Waals surface area contributed by atoms with Gasteiger partial charge in [-0.25, -0.2) is 15.0 Å². The monoisotopic (exact) mass is 256 g/mol. The molecule has 3 heteroatoms. The summed E-state index contributed by atoms with van der Waals surface area (Å²) in [5, 5.41) is 3.25. The van der Waals surface area contributed by atoms with E-state index in [1.807, 2.05) is 36.5 Å². The quantitative estimate of drug-likeness (QED) is 0.522. The Hall–Kier alpha value is -2.81. The predicted molar refractivity (Wildman–Crippen MR) is 79.1 cm³/mol. The molecule has 0 unspecified atom stereocenters. The average Bonchev–Trinajstić information content (AvgIpc) is 2.54. The maximum absolute atomic E-state index is 4.40. The van der Waals surface area contributed by atoms with Gasteiger partial charge < -0.3 is 0 Å². The molecule has 0 spiro atoms. The molecular formula is C17H10N3. The predicted octanol–water partition coefficient (Wildman–Crippen LogP) is 3.65. The third kappa shape index (κ3) is 1.72. The molecule has 0 amide bonds. The lowest BCUT2D eigenvalue weighted by Crippen LogP contribution is -1.89. The summed E-state index contributed by atoms with van der Waals surface area (Å²) >= 11 is 0. The van der Waals surface area contributed by atoms with Crippen LogP contribution in [0.5, 0.6) is 0 Å². The van der Waals surface area contributed by atoms with Gasteiger partial charge in [0.15, 0.2) is 5.65 Å². The minimum atomic E-state index is 0.750. The van der Waals surface area contributed by atoms with Gasteiger partial charge in [-0.15, -0.1) is 0 Å². The second-order valence-electron chi connectivity index (χ2n) is 4.60.